The number of halogens is 1. The molecule has 8 heteroatoms. The second kappa shape index (κ2) is 8.98. The Bertz CT molecular complexity index is 638. The van der Waals surface area contributed by atoms with Gasteiger partial charge in [0.25, 0.3) is 0 Å². The average molecular weight is 448 g/mol. The minimum absolute atomic E-state index is 0.000000433. The number of carbonyl (C=O) groups is 2. The van der Waals surface area contributed by atoms with Crippen molar-refractivity contribution in [2.24, 2.45) is 0 Å². The molecule has 1 saturated heterocycles. The molecule has 168 valence electrons. The van der Waals surface area contributed by atoms with E-state index in [4.69, 9.17) is 25.5 Å². The molecule has 1 fully saturated rings. The van der Waals surface area contributed by atoms with E-state index in [0.29, 0.717) is 12.0 Å². The molecule has 2 unspecified atom stereocenters. The van der Waals surface area contributed by atoms with E-state index in [1.54, 1.807) is 20.8 Å². The number of likely N-dealkylation sites (tertiary alicyclic amines) is 1. The first-order valence-electron chi connectivity index (χ1n) is 9.98. The van der Waals surface area contributed by atoms with E-state index in [1.807, 2.05) is 0 Å². The van der Waals surface area contributed by atoms with Crippen molar-refractivity contribution in [3.8, 4) is 0 Å². The second-order valence-corrected chi connectivity index (χ2v) is 15.4. The van der Waals surface area contributed by atoms with Gasteiger partial charge in [0.1, 0.15) is 11.1 Å². The number of rotatable bonds is 6. The molecular weight excluding hydrogens is 410 g/mol. The second-order valence-electron chi connectivity index (χ2n) is 10.4. The molecule has 0 aromatic carbocycles. The monoisotopic (exact) mass is 447 g/mol. The highest BCUT2D eigenvalue weighted by atomic mass is 35.5. The summed E-state index contributed by atoms with van der Waals surface area (Å²) in [5.74, 6) is -0.315. The predicted octanol–water partition coefficient (Wildman–Crippen LogP) is 5.11. The molecule has 0 aromatic rings. The summed E-state index contributed by atoms with van der Waals surface area (Å²) >= 11 is 5.97. The molecule has 0 radical (unpaired) electrons. The maximum absolute atomic E-state index is 13.1. The van der Waals surface area contributed by atoms with Gasteiger partial charge in [0.05, 0.1) is 19.8 Å². The molecule has 2 atom stereocenters. The molecule has 1 aliphatic heterocycles. The predicted molar refractivity (Wildman–Crippen MR) is 119 cm³/mol. The van der Waals surface area contributed by atoms with Crippen LogP contribution in [-0.4, -0.2) is 62.1 Å². The molecule has 0 aliphatic carbocycles. The van der Waals surface area contributed by atoms with E-state index in [9.17, 15) is 9.59 Å². The van der Waals surface area contributed by atoms with Crippen LogP contribution in [0.5, 0.6) is 0 Å². The average Bonchev–Trinajstić information content (AvgIpc) is 2.89. The van der Waals surface area contributed by atoms with E-state index >= 15 is 0 Å². The van der Waals surface area contributed by atoms with E-state index in [2.05, 4.69) is 40.4 Å². The zero-order chi connectivity index (χ0) is 22.8. The van der Waals surface area contributed by atoms with Crippen LogP contribution in [0, 0.1) is 0 Å². The molecule has 0 N–H and O–H groups in total. The Labute approximate surface area is 182 Å². The maximum atomic E-state index is 13.1. The molecule has 1 rings (SSSR count). The van der Waals surface area contributed by atoms with Crippen LogP contribution in [0.3, 0.4) is 0 Å². The standard InChI is InChI=1S/C21H38ClNO5Si/c1-15(13-22)11-21(17(24)26-8)12-16(28-29(9,10)20(5,6)7)14-23(21)18(25)27-19(2,3)4/h16H,1,11-14H2,2-10H3. The summed E-state index contributed by atoms with van der Waals surface area (Å²) in [6.45, 7) is 20.4. The van der Waals surface area contributed by atoms with Gasteiger partial charge in [-0.3, -0.25) is 4.90 Å². The molecule has 0 bridgehead atoms. The van der Waals surface area contributed by atoms with Gasteiger partial charge in [0.15, 0.2) is 8.32 Å². The first-order valence-corrected chi connectivity index (χ1v) is 13.4. The first kappa shape index (κ1) is 26.0. The van der Waals surface area contributed by atoms with Crippen molar-refractivity contribution in [2.75, 3.05) is 19.5 Å². The van der Waals surface area contributed by atoms with Gasteiger partial charge in [0, 0.05) is 18.7 Å². The number of methoxy groups -OCH3 is 1. The summed E-state index contributed by atoms with van der Waals surface area (Å²) in [5, 5.41) is -0.000000433. The van der Waals surface area contributed by atoms with Crippen LogP contribution in [0.1, 0.15) is 54.4 Å². The van der Waals surface area contributed by atoms with Crippen molar-refractivity contribution < 1.29 is 23.5 Å². The number of hydrogen-bond donors (Lipinski definition) is 0. The van der Waals surface area contributed by atoms with Crippen molar-refractivity contribution in [3.05, 3.63) is 12.2 Å². The van der Waals surface area contributed by atoms with Gasteiger partial charge in [0.2, 0.25) is 0 Å². The van der Waals surface area contributed by atoms with Crippen LogP contribution in [0.15, 0.2) is 12.2 Å². The maximum Gasteiger partial charge on any atom is 0.411 e. The summed E-state index contributed by atoms with van der Waals surface area (Å²) in [4.78, 5) is 27.5. The van der Waals surface area contributed by atoms with Gasteiger partial charge >= 0.3 is 12.1 Å². The lowest BCUT2D eigenvalue weighted by Gasteiger charge is -2.38. The van der Waals surface area contributed by atoms with E-state index in [1.165, 1.54) is 12.0 Å². The van der Waals surface area contributed by atoms with Crippen molar-refractivity contribution in [3.63, 3.8) is 0 Å². The lowest BCUT2D eigenvalue weighted by molar-refractivity contribution is -0.153. The molecule has 6 nitrogen and oxygen atoms in total. The topological polar surface area (TPSA) is 65.1 Å². The smallest absolute Gasteiger partial charge is 0.411 e. The van der Waals surface area contributed by atoms with Crippen LogP contribution in [-0.2, 0) is 18.7 Å². The highest BCUT2D eigenvalue weighted by Crippen LogP contribution is 2.43. The highest BCUT2D eigenvalue weighted by Gasteiger charge is 2.57. The summed E-state index contributed by atoms with van der Waals surface area (Å²) < 4.78 is 17.3. The quantitative estimate of drug-likeness (QED) is 0.245. The van der Waals surface area contributed by atoms with Crippen LogP contribution < -0.4 is 0 Å². The summed E-state index contributed by atoms with van der Waals surface area (Å²) in [6.07, 6.45) is -0.335. The van der Waals surface area contributed by atoms with Gasteiger partial charge in [-0.05, 0) is 38.9 Å². The SMILES string of the molecule is C=C(CCl)CC1(C(=O)OC)CC(O[Si](C)(C)C(C)(C)C)CN1C(=O)OC(C)(C)C. The number of nitrogens with zero attached hydrogens (tertiary/aromatic N) is 1. The Morgan fingerprint density at radius 1 is 1.21 bits per heavy atom. The Balaban J connectivity index is 3.35. The Hall–Kier alpha value is -1.05. The molecule has 29 heavy (non-hydrogen) atoms. The number of alkyl halides is 1. The third kappa shape index (κ3) is 6.21. The van der Waals surface area contributed by atoms with Gasteiger partial charge < -0.3 is 13.9 Å². The molecule has 1 amide bonds. The fourth-order valence-corrected chi connectivity index (χ4v) is 4.69. The zero-order valence-electron chi connectivity index (χ0n) is 19.5. The molecule has 1 heterocycles. The largest absolute Gasteiger partial charge is 0.467 e. The van der Waals surface area contributed by atoms with Gasteiger partial charge in [-0.2, -0.15) is 0 Å². The van der Waals surface area contributed by atoms with E-state index in [0.717, 1.165) is 0 Å². The van der Waals surface area contributed by atoms with Gasteiger partial charge in [-0.25, -0.2) is 9.59 Å². The molecule has 0 aromatic heterocycles. The van der Waals surface area contributed by atoms with Crippen LogP contribution >= 0.6 is 11.6 Å². The highest BCUT2D eigenvalue weighted by molar-refractivity contribution is 6.74. The van der Waals surface area contributed by atoms with Crippen molar-refractivity contribution in [2.45, 2.75) is 89.8 Å². The Kier molecular flexibility index (Phi) is 8.05. The normalized spacial score (nSPS) is 23.1. The fourth-order valence-electron chi connectivity index (χ4n) is 3.25. The molecule has 0 spiro atoms. The number of carbonyl (C=O) groups excluding carboxylic acids is 2. The van der Waals surface area contributed by atoms with Gasteiger partial charge in [-0.1, -0.05) is 32.9 Å². The molecule has 1 aliphatic rings. The van der Waals surface area contributed by atoms with Crippen LogP contribution in [0.2, 0.25) is 18.1 Å². The lowest BCUT2D eigenvalue weighted by atomic mass is 9.88. The zero-order valence-corrected chi connectivity index (χ0v) is 21.2. The summed E-state index contributed by atoms with van der Waals surface area (Å²) in [7, 11) is -0.794. The van der Waals surface area contributed by atoms with E-state index in [-0.39, 0.29) is 30.0 Å². The fraction of sp³-hybridized carbons (Fsp3) is 0.810. The first-order chi connectivity index (χ1) is 13.0. The summed E-state index contributed by atoms with van der Waals surface area (Å²) in [5.41, 5.74) is -1.28. The minimum Gasteiger partial charge on any atom is -0.467 e. The van der Waals surface area contributed by atoms with Crippen LogP contribution in [0.25, 0.3) is 0 Å². The third-order valence-electron chi connectivity index (χ3n) is 5.65. The third-order valence-corrected chi connectivity index (χ3v) is 10.6. The number of hydrogen-bond acceptors (Lipinski definition) is 5. The lowest BCUT2D eigenvalue weighted by Crippen LogP contribution is -2.55. The number of ether oxygens (including phenoxy) is 2. The summed E-state index contributed by atoms with van der Waals surface area (Å²) in [6, 6.07) is 0. The number of amides is 1. The molecule has 0 saturated carbocycles. The molecular formula is C21H38ClNO5Si. The minimum atomic E-state index is -2.12. The van der Waals surface area contributed by atoms with E-state index < -0.39 is 31.5 Å². The Morgan fingerprint density at radius 2 is 1.76 bits per heavy atom. The number of esters is 1. The Morgan fingerprint density at radius 3 is 2.17 bits per heavy atom. The van der Waals surface area contributed by atoms with Crippen molar-refractivity contribution >= 4 is 32.0 Å². The van der Waals surface area contributed by atoms with Crippen molar-refractivity contribution in [1.29, 1.82) is 0 Å². The van der Waals surface area contributed by atoms with Crippen molar-refractivity contribution in [1.82, 2.24) is 4.90 Å². The van der Waals surface area contributed by atoms with Crippen LogP contribution in [0.4, 0.5) is 4.79 Å². The van der Waals surface area contributed by atoms with Gasteiger partial charge in [-0.15, -0.1) is 11.6 Å².